The van der Waals surface area contributed by atoms with Gasteiger partial charge >= 0.3 is 5.97 Å². The molecular weight excluding hydrogens is 256 g/mol. The Morgan fingerprint density at radius 3 is 2.65 bits per heavy atom. The molecule has 1 aliphatic carbocycles. The van der Waals surface area contributed by atoms with Gasteiger partial charge in [0.15, 0.2) is 11.3 Å². The predicted molar refractivity (Wildman–Crippen MR) is 75.2 cm³/mol. The summed E-state index contributed by atoms with van der Waals surface area (Å²) in [6, 6.07) is 5.53. The number of fused-ring (bicyclic) bond motifs is 1. The number of carboxylic acid groups (broad SMARTS) is 1. The Hall–Kier alpha value is -1.97. The van der Waals surface area contributed by atoms with Crippen LogP contribution in [-0.2, 0) is 10.2 Å². The Morgan fingerprint density at radius 2 is 2.00 bits per heavy atom. The normalized spacial score (nSPS) is 18.1. The first-order chi connectivity index (χ1) is 9.69. The standard InChI is InChI=1S/C16H18O4/c1-19-13-6-5-12(11-7-10-20-14(11)13)16(15(17)18)8-3-2-4-9-16/h5-7,10H,2-4,8-9H2,1H3,(H,17,18). The van der Waals surface area contributed by atoms with Gasteiger partial charge in [0.05, 0.1) is 18.8 Å². The fraction of sp³-hybridized carbons (Fsp3) is 0.438. The Morgan fingerprint density at radius 1 is 1.25 bits per heavy atom. The van der Waals surface area contributed by atoms with E-state index in [0.29, 0.717) is 24.2 Å². The lowest BCUT2D eigenvalue weighted by Gasteiger charge is -2.34. The first kappa shape index (κ1) is 13.0. The Kier molecular flexibility index (Phi) is 3.16. The lowest BCUT2D eigenvalue weighted by atomic mass is 9.68. The molecule has 0 unspecified atom stereocenters. The molecule has 0 spiro atoms. The molecule has 1 N–H and O–H groups in total. The highest BCUT2D eigenvalue weighted by Gasteiger charge is 2.42. The lowest BCUT2D eigenvalue weighted by molar-refractivity contribution is -0.145. The van der Waals surface area contributed by atoms with Gasteiger partial charge in [0, 0.05) is 5.39 Å². The smallest absolute Gasteiger partial charge is 0.314 e. The summed E-state index contributed by atoms with van der Waals surface area (Å²) in [7, 11) is 1.59. The van der Waals surface area contributed by atoms with E-state index < -0.39 is 11.4 Å². The Labute approximate surface area is 117 Å². The SMILES string of the molecule is COc1ccc(C2(C(=O)O)CCCCC2)c2ccoc12. The second kappa shape index (κ2) is 4.85. The van der Waals surface area contributed by atoms with Crippen molar-refractivity contribution in [2.45, 2.75) is 37.5 Å². The van der Waals surface area contributed by atoms with E-state index >= 15 is 0 Å². The van der Waals surface area contributed by atoms with Crippen LogP contribution in [0.25, 0.3) is 11.0 Å². The molecule has 106 valence electrons. The summed E-state index contributed by atoms with van der Waals surface area (Å²) in [4.78, 5) is 11.9. The van der Waals surface area contributed by atoms with Gasteiger partial charge in [-0.15, -0.1) is 0 Å². The quantitative estimate of drug-likeness (QED) is 0.926. The molecule has 20 heavy (non-hydrogen) atoms. The number of benzene rings is 1. The van der Waals surface area contributed by atoms with Crippen LogP contribution in [0.1, 0.15) is 37.7 Å². The molecule has 1 saturated carbocycles. The second-order valence-corrected chi connectivity index (χ2v) is 5.43. The molecule has 0 aliphatic heterocycles. The van der Waals surface area contributed by atoms with E-state index in [1.54, 1.807) is 19.4 Å². The van der Waals surface area contributed by atoms with Crippen LogP contribution in [0.15, 0.2) is 28.9 Å². The molecule has 0 amide bonds. The monoisotopic (exact) mass is 274 g/mol. The zero-order valence-electron chi connectivity index (χ0n) is 11.5. The molecule has 0 radical (unpaired) electrons. The number of hydrogen-bond acceptors (Lipinski definition) is 3. The van der Waals surface area contributed by atoms with Gasteiger partial charge in [0.1, 0.15) is 0 Å². The van der Waals surface area contributed by atoms with Gasteiger partial charge in [-0.25, -0.2) is 0 Å². The molecule has 1 heterocycles. The molecule has 1 aromatic carbocycles. The van der Waals surface area contributed by atoms with Crippen molar-refractivity contribution in [2.24, 2.45) is 0 Å². The van der Waals surface area contributed by atoms with Crippen LogP contribution in [0.5, 0.6) is 5.75 Å². The van der Waals surface area contributed by atoms with Crippen molar-refractivity contribution in [2.75, 3.05) is 7.11 Å². The molecule has 1 fully saturated rings. The number of carbonyl (C=O) groups is 1. The molecule has 1 aliphatic rings. The van der Waals surface area contributed by atoms with Gasteiger partial charge in [-0.05, 0) is 30.5 Å². The second-order valence-electron chi connectivity index (χ2n) is 5.43. The van der Waals surface area contributed by atoms with Crippen LogP contribution < -0.4 is 4.74 Å². The number of methoxy groups -OCH3 is 1. The minimum absolute atomic E-state index is 0.635. The molecule has 0 bridgehead atoms. The minimum atomic E-state index is -0.785. The summed E-state index contributed by atoms with van der Waals surface area (Å²) in [5.41, 5.74) is 0.706. The fourth-order valence-corrected chi connectivity index (χ4v) is 3.37. The number of ether oxygens (including phenoxy) is 1. The zero-order valence-corrected chi connectivity index (χ0v) is 11.5. The maximum absolute atomic E-state index is 11.9. The van der Waals surface area contributed by atoms with Gasteiger partial charge < -0.3 is 14.3 Å². The minimum Gasteiger partial charge on any atom is -0.493 e. The predicted octanol–water partition coefficient (Wildman–Crippen LogP) is 3.73. The fourth-order valence-electron chi connectivity index (χ4n) is 3.37. The molecule has 2 aromatic rings. The van der Waals surface area contributed by atoms with E-state index in [1.807, 2.05) is 12.1 Å². The summed E-state index contributed by atoms with van der Waals surface area (Å²) in [6.45, 7) is 0. The zero-order chi connectivity index (χ0) is 14.2. The van der Waals surface area contributed by atoms with Gasteiger partial charge in [-0.1, -0.05) is 25.3 Å². The summed E-state index contributed by atoms with van der Waals surface area (Å²) in [5, 5.41) is 10.7. The molecule has 0 saturated heterocycles. The van der Waals surface area contributed by atoms with Crippen LogP contribution in [0, 0.1) is 0 Å². The first-order valence-electron chi connectivity index (χ1n) is 6.97. The molecule has 3 rings (SSSR count). The third-order valence-electron chi connectivity index (χ3n) is 4.43. The van der Waals surface area contributed by atoms with Crippen molar-refractivity contribution in [3.05, 3.63) is 30.0 Å². The Bertz CT molecular complexity index is 635. The van der Waals surface area contributed by atoms with Gasteiger partial charge in [0.25, 0.3) is 0 Å². The van der Waals surface area contributed by atoms with Gasteiger partial charge in [0.2, 0.25) is 0 Å². The largest absolute Gasteiger partial charge is 0.493 e. The van der Waals surface area contributed by atoms with Crippen molar-refractivity contribution >= 4 is 16.9 Å². The number of aliphatic carboxylic acids is 1. The van der Waals surface area contributed by atoms with Crippen LogP contribution >= 0.6 is 0 Å². The average Bonchev–Trinajstić information content (AvgIpc) is 2.96. The summed E-state index contributed by atoms with van der Waals surface area (Å²) >= 11 is 0. The van der Waals surface area contributed by atoms with E-state index in [-0.39, 0.29) is 0 Å². The maximum Gasteiger partial charge on any atom is 0.314 e. The van der Waals surface area contributed by atoms with E-state index in [2.05, 4.69) is 0 Å². The number of rotatable bonds is 3. The van der Waals surface area contributed by atoms with Crippen molar-refractivity contribution in [3.8, 4) is 5.75 Å². The summed E-state index contributed by atoms with van der Waals surface area (Å²) in [6.07, 6.45) is 5.99. The topological polar surface area (TPSA) is 59.7 Å². The molecule has 1 aromatic heterocycles. The van der Waals surface area contributed by atoms with E-state index in [1.165, 1.54) is 0 Å². The van der Waals surface area contributed by atoms with Crippen molar-refractivity contribution in [1.29, 1.82) is 0 Å². The Balaban J connectivity index is 2.22. The van der Waals surface area contributed by atoms with Crippen LogP contribution in [0.2, 0.25) is 0 Å². The summed E-state index contributed by atoms with van der Waals surface area (Å²) < 4.78 is 10.8. The lowest BCUT2D eigenvalue weighted by Crippen LogP contribution is -2.37. The third kappa shape index (κ3) is 1.79. The molecule has 4 heteroatoms. The number of hydrogen-bond donors (Lipinski definition) is 1. The number of carboxylic acids is 1. The van der Waals surface area contributed by atoms with Crippen LogP contribution in [-0.4, -0.2) is 18.2 Å². The van der Waals surface area contributed by atoms with Gasteiger partial charge in [-0.3, -0.25) is 4.79 Å². The molecule has 0 atom stereocenters. The van der Waals surface area contributed by atoms with E-state index in [4.69, 9.17) is 9.15 Å². The van der Waals surface area contributed by atoms with Crippen LogP contribution in [0.4, 0.5) is 0 Å². The van der Waals surface area contributed by atoms with Gasteiger partial charge in [-0.2, -0.15) is 0 Å². The van der Waals surface area contributed by atoms with E-state index in [0.717, 1.165) is 30.2 Å². The highest BCUT2D eigenvalue weighted by Crippen LogP contribution is 2.44. The maximum atomic E-state index is 11.9. The highest BCUT2D eigenvalue weighted by molar-refractivity contribution is 5.93. The number of furan rings is 1. The average molecular weight is 274 g/mol. The highest BCUT2D eigenvalue weighted by atomic mass is 16.5. The molecule has 4 nitrogen and oxygen atoms in total. The van der Waals surface area contributed by atoms with Crippen molar-refractivity contribution in [1.82, 2.24) is 0 Å². The van der Waals surface area contributed by atoms with Crippen LogP contribution in [0.3, 0.4) is 0 Å². The van der Waals surface area contributed by atoms with Crippen molar-refractivity contribution < 1.29 is 19.1 Å². The first-order valence-corrected chi connectivity index (χ1v) is 6.97. The van der Waals surface area contributed by atoms with E-state index in [9.17, 15) is 9.90 Å². The summed E-state index contributed by atoms with van der Waals surface area (Å²) in [5.74, 6) is -0.0880. The molecular formula is C16H18O4. The third-order valence-corrected chi connectivity index (χ3v) is 4.43. The van der Waals surface area contributed by atoms with Crippen molar-refractivity contribution in [3.63, 3.8) is 0 Å².